The van der Waals surface area contributed by atoms with Crippen LogP contribution in [0.25, 0.3) is 11.3 Å². The fourth-order valence-corrected chi connectivity index (χ4v) is 4.74. The quantitative estimate of drug-likeness (QED) is 0.146. The van der Waals surface area contributed by atoms with Gasteiger partial charge in [-0.05, 0) is 35.9 Å². The van der Waals surface area contributed by atoms with Gasteiger partial charge in [-0.25, -0.2) is 13.8 Å². The second-order valence-corrected chi connectivity index (χ2v) is 9.38. The normalized spacial score (nSPS) is 12.4. The average molecular weight is 573 g/mol. The first-order chi connectivity index (χ1) is 18.8. The molecule has 0 aliphatic carbocycles. The summed E-state index contributed by atoms with van der Waals surface area (Å²) < 4.78 is 34.9. The van der Waals surface area contributed by atoms with Crippen molar-refractivity contribution >= 4 is 41.3 Å². The topological polar surface area (TPSA) is 96.1 Å². The molecular formula is C28H24Cl2F2N4O3. The molecule has 0 radical (unpaired) electrons. The number of hydrogen-bond acceptors (Lipinski definition) is 5. The van der Waals surface area contributed by atoms with Gasteiger partial charge in [0.2, 0.25) is 5.91 Å². The van der Waals surface area contributed by atoms with Crippen molar-refractivity contribution in [2.75, 3.05) is 18.4 Å². The summed E-state index contributed by atoms with van der Waals surface area (Å²) in [5, 5.41) is 5.76. The van der Waals surface area contributed by atoms with E-state index in [1.54, 1.807) is 18.2 Å². The van der Waals surface area contributed by atoms with Crippen LogP contribution in [-0.4, -0.2) is 35.4 Å². The molecule has 0 saturated carbocycles. The molecule has 2 atom stereocenters. The lowest BCUT2D eigenvalue weighted by atomic mass is 9.83. The summed E-state index contributed by atoms with van der Waals surface area (Å²) in [5.74, 6) is -2.36. The number of nitrogens with one attached hydrogen (secondary N) is 3. The third kappa shape index (κ3) is 6.38. The number of para-hydroxylation sites is 1. The van der Waals surface area contributed by atoms with Crippen LogP contribution in [0.3, 0.4) is 0 Å². The molecule has 7 nitrogen and oxygen atoms in total. The van der Waals surface area contributed by atoms with E-state index in [4.69, 9.17) is 27.9 Å². The lowest BCUT2D eigenvalue weighted by molar-refractivity contribution is -0.134. The van der Waals surface area contributed by atoms with E-state index in [2.05, 4.69) is 20.6 Å². The van der Waals surface area contributed by atoms with Gasteiger partial charge in [0.15, 0.2) is 0 Å². The molecule has 2 unspecified atom stereocenters. The molecule has 1 amide bonds. The number of hydrogen-bond donors (Lipinski definition) is 3. The molecule has 1 heterocycles. The second kappa shape index (κ2) is 12.7. The maximum absolute atomic E-state index is 15.4. The number of ether oxygens (including phenoxy) is 1. The van der Waals surface area contributed by atoms with E-state index in [9.17, 15) is 14.0 Å². The van der Waals surface area contributed by atoms with E-state index in [0.29, 0.717) is 41.3 Å². The van der Waals surface area contributed by atoms with Gasteiger partial charge < -0.3 is 20.4 Å². The Labute approximate surface area is 233 Å². The van der Waals surface area contributed by atoms with Crippen molar-refractivity contribution in [2.24, 2.45) is 0 Å². The Morgan fingerprint density at radius 1 is 1.05 bits per heavy atom. The molecule has 39 heavy (non-hydrogen) atoms. The summed E-state index contributed by atoms with van der Waals surface area (Å²) in [6.45, 7) is 2.40. The van der Waals surface area contributed by atoms with Gasteiger partial charge in [-0.15, -0.1) is 0 Å². The predicted molar refractivity (Wildman–Crippen MR) is 146 cm³/mol. The van der Waals surface area contributed by atoms with Crippen molar-refractivity contribution in [1.29, 1.82) is 0 Å². The standard InChI is InChI=1S/C28H24Cl2F2N4O3/c1-16(38)33-11-12-34-23-8-3-2-5-18(23)24(28(39-15-37)19-6-4-7-20(29)25(19)32)27-26(35-14-36-27)17-9-10-22(31)21(30)13-17/h2-10,13-15,24,28,34H,11-12H2,1H3,(H,33,38)(H,35,36). The smallest absolute Gasteiger partial charge is 0.293 e. The average Bonchev–Trinajstić information content (AvgIpc) is 3.40. The van der Waals surface area contributed by atoms with Gasteiger partial charge in [0.05, 0.1) is 33.7 Å². The number of imidazole rings is 1. The minimum atomic E-state index is -1.20. The van der Waals surface area contributed by atoms with Gasteiger partial charge in [-0.2, -0.15) is 0 Å². The highest BCUT2D eigenvalue weighted by atomic mass is 35.5. The monoisotopic (exact) mass is 572 g/mol. The van der Waals surface area contributed by atoms with Crippen molar-refractivity contribution in [2.45, 2.75) is 18.9 Å². The highest BCUT2D eigenvalue weighted by Gasteiger charge is 2.35. The third-order valence-electron chi connectivity index (χ3n) is 6.07. The second-order valence-electron chi connectivity index (χ2n) is 8.56. The molecule has 0 fully saturated rings. The Morgan fingerprint density at radius 2 is 1.82 bits per heavy atom. The Balaban J connectivity index is 1.90. The van der Waals surface area contributed by atoms with Crippen molar-refractivity contribution in [3.05, 3.63) is 105 Å². The first-order valence-electron chi connectivity index (χ1n) is 11.9. The molecule has 4 rings (SSSR count). The molecule has 202 valence electrons. The number of H-pyrrole nitrogens is 1. The van der Waals surface area contributed by atoms with Crippen LogP contribution < -0.4 is 10.6 Å². The number of aromatic amines is 1. The maximum Gasteiger partial charge on any atom is 0.293 e. The number of aromatic nitrogens is 2. The molecule has 0 bridgehead atoms. The highest BCUT2D eigenvalue weighted by Crippen LogP contribution is 2.45. The third-order valence-corrected chi connectivity index (χ3v) is 6.66. The van der Waals surface area contributed by atoms with Crippen molar-refractivity contribution in [3.8, 4) is 11.3 Å². The molecule has 3 N–H and O–H groups in total. The summed E-state index contributed by atoms with van der Waals surface area (Å²) in [6.07, 6.45) is 0.242. The fourth-order valence-electron chi connectivity index (χ4n) is 4.37. The maximum atomic E-state index is 15.4. The van der Waals surface area contributed by atoms with E-state index >= 15 is 4.39 Å². The van der Waals surface area contributed by atoms with Crippen LogP contribution >= 0.6 is 23.2 Å². The van der Waals surface area contributed by atoms with E-state index in [0.717, 1.165) is 0 Å². The molecule has 0 aliphatic heterocycles. The van der Waals surface area contributed by atoms with Gasteiger partial charge >= 0.3 is 0 Å². The van der Waals surface area contributed by atoms with Crippen molar-refractivity contribution < 1.29 is 23.1 Å². The van der Waals surface area contributed by atoms with Gasteiger partial charge in [0.25, 0.3) is 6.47 Å². The lowest BCUT2D eigenvalue weighted by Crippen LogP contribution is -2.27. The van der Waals surface area contributed by atoms with Crippen LogP contribution in [0.1, 0.15) is 35.8 Å². The molecule has 3 aromatic carbocycles. The predicted octanol–water partition coefficient (Wildman–Crippen LogP) is 6.26. The summed E-state index contributed by atoms with van der Waals surface area (Å²) >= 11 is 12.2. The molecular weight excluding hydrogens is 549 g/mol. The first kappa shape index (κ1) is 28.1. The number of benzene rings is 3. The number of rotatable bonds is 11. The molecule has 0 spiro atoms. The minimum absolute atomic E-state index is 0.0405. The Bertz CT molecular complexity index is 1480. The summed E-state index contributed by atoms with van der Waals surface area (Å²) in [5.41, 5.74) is 2.68. The van der Waals surface area contributed by atoms with Crippen LogP contribution in [0.2, 0.25) is 10.0 Å². The van der Waals surface area contributed by atoms with Gasteiger partial charge in [-0.1, -0.05) is 53.5 Å². The Morgan fingerprint density at radius 3 is 2.56 bits per heavy atom. The molecule has 0 saturated heterocycles. The van der Waals surface area contributed by atoms with E-state index in [1.165, 1.54) is 43.6 Å². The van der Waals surface area contributed by atoms with Crippen molar-refractivity contribution in [1.82, 2.24) is 15.3 Å². The van der Waals surface area contributed by atoms with Crippen LogP contribution in [-0.2, 0) is 14.3 Å². The molecule has 0 aliphatic rings. The number of nitrogens with zero attached hydrogens (tertiary/aromatic N) is 1. The summed E-state index contributed by atoms with van der Waals surface area (Å²) in [7, 11) is 0. The van der Waals surface area contributed by atoms with E-state index in [-0.39, 0.29) is 28.0 Å². The van der Waals surface area contributed by atoms with E-state index in [1.807, 2.05) is 12.1 Å². The van der Waals surface area contributed by atoms with Gasteiger partial charge in [0.1, 0.15) is 17.7 Å². The molecule has 11 heteroatoms. The SMILES string of the molecule is CC(=O)NCCNc1ccccc1C(c1nc[nH]c1-c1ccc(F)c(Cl)c1)C(OC=O)c1cccc(Cl)c1F. The molecule has 4 aromatic rings. The highest BCUT2D eigenvalue weighted by molar-refractivity contribution is 6.31. The lowest BCUT2D eigenvalue weighted by Gasteiger charge is -2.28. The summed E-state index contributed by atoms with van der Waals surface area (Å²) in [4.78, 5) is 30.7. The molecule has 1 aromatic heterocycles. The number of carbonyl (C=O) groups is 2. The number of halogens is 4. The first-order valence-corrected chi connectivity index (χ1v) is 12.7. The summed E-state index contributed by atoms with van der Waals surface area (Å²) in [6, 6.07) is 15.8. The zero-order chi connectivity index (χ0) is 27.9. The van der Waals surface area contributed by atoms with Crippen molar-refractivity contribution in [3.63, 3.8) is 0 Å². The van der Waals surface area contributed by atoms with Crippen LogP contribution in [0.4, 0.5) is 14.5 Å². The zero-order valence-electron chi connectivity index (χ0n) is 20.7. The minimum Gasteiger partial charge on any atom is -0.458 e. The van der Waals surface area contributed by atoms with Crippen LogP contribution in [0, 0.1) is 11.6 Å². The number of anilines is 1. The Kier molecular flexibility index (Phi) is 9.16. The van der Waals surface area contributed by atoms with Gasteiger partial charge in [0, 0.05) is 36.8 Å². The van der Waals surface area contributed by atoms with Crippen LogP contribution in [0.5, 0.6) is 0 Å². The fraction of sp³-hybridized carbons (Fsp3) is 0.179. The van der Waals surface area contributed by atoms with E-state index < -0.39 is 23.7 Å². The largest absolute Gasteiger partial charge is 0.458 e. The van der Waals surface area contributed by atoms with Gasteiger partial charge in [-0.3, -0.25) is 9.59 Å². The zero-order valence-corrected chi connectivity index (χ0v) is 22.2. The van der Waals surface area contributed by atoms with Crippen LogP contribution in [0.15, 0.2) is 67.0 Å². The Hall–Kier alpha value is -3.95. The number of amides is 1. The number of carbonyl (C=O) groups excluding carboxylic acids is 2.